The van der Waals surface area contributed by atoms with Gasteiger partial charge in [-0.3, -0.25) is 10.4 Å². The third kappa shape index (κ3) is 3.33. The highest BCUT2D eigenvalue weighted by atomic mass is 35.5. The van der Waals surface area contributed by atoms with Crippen LogP contribution in [0.25, 0.3) is 0 Å². The molecule has 1 aromatic heterocycles. The number of aromatic nitrogens is 1. The zero-order valence-electron chi connectivity index (χ0n) is 10.7. The number of anilines is 1. The van der Waals surface area contributed by atoms with Crippen molar-refractivity contribution < 1.29 is 9.90 Å². The summed E-state index contributed by atoms with van der Waals surface area (Å²) >= 11 is 5.99. The van der Waals surface area contributed by atoms with Gasteiger partial charge in [0.15, 0.2) is 0 Å². The Morgan fingerprint density at radius 3 is 2.80 bits per heavy atom. The van der Waals surface area contributed by atoms with Gasteiger partial charge in [-0.05, 0) is 31.2 Å². The van der Waals surface area contributed by atoms with Crippen molar-refractivity contribution in [1.29, 1.82) is 0 Å². The number of hydrazone groups is 1. The molecule has 1 aromatic carbocycles. The predicted octanol–water partition coefficient (Wildman–Crippen LogP) is 3.27. The van der Waals surface area contributed by atoms with E-state index in [-0.39, 0.29) is 5.56 Å². The van der Waals surface area contributed by atoms with Crippen LogP contribution >= 0.6 is 11.6 Å². The Hall–Kier alpha value is -2.40. The van der Waals surface area contributed by atoms with Crippen LogP contribution in [0.5, 0.6) is 0 Å². The third-order valence-electron chi connectivity index (χ3n) is 2.64. The van der Waals surface area contributed by atoms with Crippen molar-refractivity contribution in [1.82, 2.24) is 4.98 Å². The fourth-order valence-electron chi connectivity index (χ4n) is 1.53. The maximum Gasteiger partial charge on any atom is 0.335 e. The molecule has 0 unspecified atom stereocenters. The third-order valence-corrected chi connectivity index (χ3v) is 2.97. The lowest BCUT2D eigenvalue weighted by Gasteiger charge is -2.06. The van der Waals surface area contributed by atoms with E-state index in [2.05, 4.69) is 15.5 Å². The number of nitrogens with one attached hydrogen (secondary N) is 1. The zero-order chi connectivity index (χ0) is 14.5. The number of nitrogens with zero attached hydrogens (tertiary/aromatic N) is 2. The predicted molar refractivity (Wildman–Crippen MR) is 78.5 cm³/mol. The quantitative estimate of drug-likeness (QED) is 0.669. The van der Waals surface area contributed by atoms with Crippen molar-refractivity contribution >= 4 is 29.0 Å². The molecule has 0 saturated heterocycles. The number of hydrogen-bond donors (Lipinski definition) is 2. The van der Waals surface area contributed by atoms with Crippen molar-refractivity contribution in [3.63, 3.8) is 0 Å². The molecular weight excluding hydrogens is 278 g/mol. The Bertz CT molecular complexity index is 657. The molecule has 5 nitrogen and oxygen atoms in total. The highest BCUT2D eigenvalue weighted by Gasteiger charge is 2.07. The van der Waals surface area contributed by atoms with E-state index in [4.69, 9.17) is 16.7 Å². The molecule has 0 aliphatic carbocycles. The summed E-state index contributed by atoms with van der Waals surface area (Å²) in [5, 5.41) is 13.5. The number of halogens is 1. The van der Waals surface area contributed by atoms with Gasteiger partial charge in [0.2, 0.25) is 0 Å². The normalized spacial score (nSPS) is 11.2. The molecule has 0 saturated carbocycles. The number of aromatic carboxylic acids is 1. The standard InChI is InChI=1S/C14H12ClN3O2/c1-9(11-3-2-6-16-8-11)17-18-13-7-10(14(19)20)4-5-12(13)15/h2-8,18H,1H3,(H,19,20)/b17-9-. The van der Waals surface area contributed by atoms with Gasteiger partial charge in [0, 0.05) is 18.0 Å². The summed E-state index contributed by atoms with van der Waals surface area (Å²) in [5.74, 6) is -1.02. The molecule has 20 heavy (non-hydrogen) atoms. The molecule has 2 aromatic rings. The largest absolute Gasteiger partial charge is 0.478 e. The first-order valence-electron chi connectivity index (χ1n) is 5.81. The van der Waals surface area contributed by atoms with Crippen molar-refractivity contribution in [3.8, 4) is 0 Å². The molecule has 0 amide bonds. The number of hydrogen-bond acceptors (Lipinski definition) is 4. The van der Waals surface area contributed by atoms with Gasteiger partial charge in [-0.25, -0.2) is 4.79 Å². The summed E-state index contributed by atoms with van der Waals surface area (Å²) < 4.78 is 0. The van der Waals surface area contributed by atoms with Gasteiger partial charge < -0.3 is 5.11 Å². The van der Waals surface area contributed by atoms with Crippen molar-refractivity contribution in [2.45, 2.75) is 6.92 Å². The van der Waals surface area contributed by atoms with Gasteiger partial charge in [-0.2, -0.15) is 5.10 Å². The molecule has 0 spiro atoms. The second-order valence-electron chi connectivity index (χ2n) is 4.05. The summed E-state index contributed by atoms with van der Waals surface area (Å²) in [4.78, 5) is 14.9. The second kappa shape index (κ2) is 6.16. The van der Waals surface area contributed by atoms with Crippen molar-refractivity contribution in [3.05, 3.63) is 58.9 Å². The Morgan fingerprint density at radius 1 is 1.35 bits per heavy atom. The van der Waals surface area contributed by atoms with Crippen LogP contribution in [-0.4, -0.2) is 21.8 Å². The number of carboxylic acids is 1. The molecule has 2 rings (SSSR count). The van der Waals surface area contributed by atoms with E-state index in [0.29, 0.717) is 10.7 Å². The summed E-state index contributed by atoms with van der Waals surface area (Å²) in [6.07, 6.45) is 3.37. The van der Waals surface area contributed by atoms with Gasteiger partial charge >= 0.3 is 5.97 Å². The highest BCUT2D eigenvalue weighted by Crippen LogP contribution is 2.23. The van der Waals surface area contributed by atoms with Crippen LogP contribution in [-0.2, 0) is 0 Å². The molecule has 102 valence electrons. The van der Waals surface area contributed by atoms with Crippen molar-refractivity contribution in [2.75, 3.05) is 5.43 Å². The topological polar surface area (TPSA) is 74.6 Å². The zero-order valence-corrected chi connectivity index (χ0v) is 11.4. The van der Waals surface area contributed by atoms with Crippen LogP contribution in [0.1, 0.15) is 22.8 Å². The fourth-order valence-corrected chi connectivity index (χ4v) is 1.69. The van der Waals surface area contributed by atoms with Crippen LogP contribution in [0.3, 0.4) is 0 Å². The lowest BCUT2D eigenvalue weighted by atomic mass is 10.2. The number of carboxylic acid groups (broad SMARTS) is 1. The molecular formula is C14H12ClN3O2. The summed E-state index contributed by atoms with van der Waals surface area (Å²) in [6, 6.07) is 8.08. The van der Waals surface area contributed by atoms with E-state index in [1.807, 2.05) is 19.1 Å². The number of benzene rings is 1. The van der Waals surface area contributed by atoms with E-state index in [9.17, 15) is 4.79 Å². The van der Waals surface area contributed by atoms with Crippen LogP contribution in [0.2, 0.25) is 5.02 Å². The Labute approximate surface area is 120 Å². The van der Waals surface area contributed by atoms with Gasteiger partial charge in [-0.1, -0.05) is 17.7 Å². The summed E-state index contributed by atoms with van der Waals surface area (Å²) in [6.45, 7) is 1.82. The summed E-state index contributed by atoms with van der Waals surface area (Å²) in [7, 11) is 0. The minimum absolute atomic E-state index is 0.145. The molecule has 0 bridgehead atoms. The van der Waals surface area contributed by atoms with E-state index in [1.54, 1.807) is 12.4 Å². The van der Waals surface area contributed by atoms with E-state index >= 15 is 0 Å². The van der Waals surface area contributed by atoms with Crippen molar-refractivity contribution in [2.24, 2.45) is 5.10 Å². The Balaban J connectivity index is 2.22. The summed E-state index contributed by atoms with van der Waals surface area (Å²) in [5.41, 5.74) is 4.94. The van der Waals surface area contributed by atoms with E-state index in [0.717, 1.165) is 11.3 Å². The molecule has 0 atom stereocenters. The molecule has 1 heterocycles. The number of carbonyl (C=O) groups is 1. The minimum Gasteiger partial charge on any atom is -0.478 e. The van der Waals surface area contributed by atoms with E-state index in [1.165, 1.54) is 18.2 Å². The maximum atomic E-state index is 10.9. The van der Waals surface area contributed by atoms with Crippen LogP contribution < -0.4 is 5.43 Å². The molecule has 0 radical (unpaired) electrons. The monoisotopic (exact) mass is 289 g/mol. The lowest BCUT2D eigenvalue weighted by molar-refractivity contribution is 0.0697. The van der Waals surface area contributed by atoms with Crippen LogP contribution in [0.15, 0.2) is 47.8 Å². The lowest BCUT2D eigenvalue weighted by Crippen LogP contribution is -2.02. The van der Waals surface area contributed by atoms with Gasteiger partial charge in [0.05, 0.1) is 22.0 Å². The maximum absolute atomic E-state index is 10.9. The highest BCUT2D eigenvalue weighted by molar-refractivity contribution is 6.33. The first-order chi connectivity index (χ1) is 9.58. The Kier molecular flexibility index (Phi) is 4.32. The van der Waals surface area contributed by atoms with E-state index < -0.39 is 5.97 Å². The average Bonchev–Trinajstić information content (AvgIpc) is 2.46. The number of rotatable bonds is 4. The number of pyridine rings is 1. The smallest absolute Gasteiger partial charge is 0.335 e. The van der Waals surface area contributed by atoms with Gasteiger partial charge in [0.1, 0.15) is 0 Å². The Morgan fingerprint density at radius 2 is 2.15 bits per heavy atom. The fraction of sp³-hybridized carbons (Fsp3) is 0.0714. The van der Waals surface area contributed by atoms with Gasteiger partial charge in [0.25, 0.3) is 0 Å². The second-order valence-corrected chi connectivity index (χ2v) is 4.46. The van der Waals surface area contributed by atoms with Crippen LogP contribution in [0.4, 0.5) is 5.69 Å². The first-order valence-corrected chi connectivity index (χ1v) is 6.19. The average molecular weight is 290 g/mol. The SMILES string of the molecule is C/C(=N/Nc1cc(C(=O)O)ccc1Cl)c1cccnc1. The van der Waals surface area contributed by atoms with Gasteiger partial charge in [-0.15, -0.1) is 0 Å². The molecule has 0 aliphatic rings. The minimum atomic E-state index is -1.02. The van der Waals surface area contributed by atoms with Crippen LogP contribution in [0, 0.1) is 0 Å². The molecule has 6 heteroatoms. The first kappa shape index (κ1) is 14.0. The molecule has 2 N–H and O–H groups in total. The molecule has 0 fully saturated rings. The molecule has 0 aliphatic heterocycles.